The van der Waals surface area contributed by atoms with E-state index in [1.165, 1.54) is 6.42 Å². The predicted molar refractivity (Wildman–Crippen MR) is 38.9 cm³/mol. The highest BCUT2D eigenvalue weighted by Crippen LogP contribution is 2.45. The number of hydrogen-bond donors (Lipinski definition) is 0. The molecule has 0 N–H and O–H groups in total. The highest BCUT2D eigenvalue weighted by Gasteiger charge is 2.58. The summed E-state index contributed by atoms with van der Waals surface area (Å²) >= 11 is 0. The number of fused-ring (bicyclic) bond motifs is 2. The van der Waals surface area contributed by atoms with Crippen LogP contribution in [-0.4, -0.2) is 36.6 Å². The summed E-state index contributed by atoms with van der Waals surface area (Å²) in [6.07, 6.45) is 2.91. The fourth-order valence-electron chi connectivity index (χ4n) is 2.17. The van der Waals surface area contributed by atoms with Crippen molar-refractivity contribution >= 4 is 0 Å². The van der Waals surface area contributed by atoms with Gasteiger partial charge in [-0.05, 0) is 19.4 Å². The molecule has 4 unspecified atom stereocenters. The lowest BCUT2D eigenvalue weighted by Crippen LogP contribution is -2.26. The average molecular weight is 155 g/mol. The number of likely N-dealkylation sites (N-methyl/N-ethyl adjacent to an activating group) is 1. The lowest BCUT2D eigenvalue weighted by atomic mass is 10.0. The third kappa shape index (κ3) is 0.789. The zero-order chi connectivity index (χ0) is 7.59. The monoisotopic (exact) mass is 155 g/mol. The quantitative estimate of drug-likeness (QED) is 0.474. The molecule has 3 saturated heterocycles. The van der Waals surface area contributed by atoms with E-state index in [0.29, 0.717) is 30.6 Å². The SMILES string of the molecule is C[C@@H]1CC2OC2N(C)C2OC21. The molecule has 3 aliphatic heterocycles. The Morgan fingerprint density at radius 1 is 1.27 bits per heavy atom. The maximum atomic E-state index is 5.53. The Balaban J connectivity index is 1.83. The summed E-state index contributed by atoms with van der Waals surface area (Å²) in [6.45, 7) is 2.25. The van der Waals surface area contributed by atoms with Gasteiger partial charge in [0, 0.05) is 0 Å². The van der Waals surface area contributed by atoms with Crippen molar-refractivity contribution in [2.24, 2.45) is 5.92 Å². The predicted octanol–water partition coefficient (Wildman–Crippen LogP) is 0.408. The van der Waals surface area contributed by atoms with Crippen LogP contribution in [0.4, 0.5) is 0 Å². The van der Waals surface area contributed by atoms with Crippen molar-refractivity contribution in [3.05, 3.63) is 0 Å². The van der Waals surface area contributed by atoms with Gasteiger partial charge in [-0.1, -0.05) is 6.92 Å². The molecule has 0 aromatic carbocycles. The molecule has 3 aliphatic rings. The Bertz CT molecular complexity index is 197. The number of rotatable bonds is 0. The van der Waals surface area contributed by atoms with E-state index in [-0.39, 0.29) is 0 Å². The Morgan fingerprint density at radius 3 is 2.91 bits per heavy atom. The standard InChI is InChI=1S/C8H13NO2/c1-4-3-5-7(10-5)9(2)8-6(4)11-8/h4-8H,3H2,1-2H3/t4-,5?,6?,7?,8?/m1/s1. The number of nitrogens with zero attached hydrogens (tertiary/aromatic N) is 1. The fraction of sp³-hybridized carbons (Fsp3) is 1.00. The number of hydrogen-bond acceptors (Lipinski definition) is 3. The fourth-order valence-corrected chi connectivity index (χ4v) is 2.17. The van der Waals surface area contributed by atoms with E-state index in [4.69, 9.17) is 9.47 Å². The van der Waals surface area contributed by atoms with Crippen LogP contribution in [0.25, 0.3) is 0 Å². The smallest absolute Gasteiger partial charge is 0.139 e. The molecule has 0 aromatic heterocycles. The topological polar surface area (TPSA) is 28.3 Å². The van der Waals surface area contributed by atoms with Crippen molar-refractivity contribution in [2.75, 3.05) is 7.05 Å². The van der Waals surface area contributed by atoms with Crippen molar-refractivity contribution in [3.8, 4) is 0 Å². The maximum absolute atomic E-state index is 5.53. The molecular weight excluding hydrogens is 142 g/mol. The summed E-state index contributed by atoms with van der Waals surface area (Å²) in [6, 6.07) is 0. The molecule has 11 heavy (non-hydrogen) atoms. The van der Waals surface area contributed by atoms with E-state index >= 15 is 0 Å². The van der Waals surface area contributed by atoms with Crippen LogP contribution in [0, 0.1) is 5.92 Å². The molecule has 3 rings (SSSR count). The summed E-state index contributed by atoms with van der Waals surface area (Å²) in [5.41, 5.74) is 0. The van der Waals surface area contributed by atoms with Crippen molar-refractivity contribution in [1.29, 1.82) is 0 Å². The van der Waals surface area contributed by atoms with Crippen molar-refractivity contribution in [2.45, 2.75) is 38.0 Å². The zero-order valence-electron chi connectivity index (χ0n) is 6.86. The molecule has 5 atom stereocenters. The summed E-state index contributed by atoms with van der Waals surface area (Å²) in [5.74, 6) is 0.681. The van der Waals surface area contributed by atoms with Gasteiger partial charge in [0.1, 0.15) is 18.6 Å². The number of likely N-dealkylation sites (tertiary alicyclic amines) is 1. The number of epoxide rings is 2. The molecule has 0 amide bonds. The van der Waals surface area contributed by atoms with Gasteiger partial charge in [-0.3, -0.25) is 4.90 Å². The highest BCUT2D eigenvalue weighted by atomic mass is 16.7. The average Bonchev–Trinajstić information content (AvgIpc) is 2.78. The first-order valence-electron chi connectivity index (χ1n) is 4.30. The second-order valence-corrected chi connectivity index (χ2v) is 3.93. The van der Waals surface area contributed by atoms with E-state index < -0.39 is 0 Å². The Labute approximate surface area is 66.3 Å². The summed E-state index contributed by atoms with van der Waals surface area (Å²) in [5, 5.41) is 0. The minimum atomic E-state index is 0.363. The van der Waals surface area contributed by atoms with E-state index in [1.807, 2.05) is 0 Å². The van der Waals surface area contributed by atoms with Gasteiger partial charge < -0.3 is 9.47 Å². The summed E-state index contributed by atoms with van der Waals surface area (Å²) < 4.78 is 11.0. The van der Waals surface area contributed by atoms with Crippen LogP contribution < -0.4 is 0 Å². The first kappa shape index (κ1) is 6.40. The van der Waals surface area contributed by atoms with E-state index in [9.17, 15) is 0 Å². The van der Waals surface area contributed by atoms with Gasteiger partial charge in [-0.2, -0.15) is 0 Å². The van der Waals surface area contributed by atoms with Gasteiger partial charge in [-0.25, -0.2) is 0 Å². The molecule has 3 nitrogen and oxygen atoms in total. The molecule has 0 radical (unpaired) electrons. The van der Waals surface area contributed by atoms with Crippen LogP contribution in [0.5, 0.6) is 0 Å². The first-order chi connectivity index (χ1) is 5.27. The molecule has 0 aromatic rings. The van der Waals surface area contributed by atoms with Crippen molar-refractivity contribution in [3.63, 3.8) is 0 Å². The van der Waals surface area contributed by atoms with Crippen LogP contribution in [0.2, 0.25) is 0 Å². The van der Waals surface area contributed by atoms with Gasteiger partial charge >= 0.3 is 0 Å². The first-order valence-corrected chi connectivity index (χ1v) is 4.30. The molecule has 3 fully saturated rings. The third-order valence-corrected chi connectivity index (χ3v) is 3.02. The van der Waals surface area contributed by atoms with Gasteiger partial charge in [-0.15, -0.1) is 0 Å². The minimum Gasteiger partial charge on any atom is -0.353 e. The Morgan fingerprint density at radius 2 is 2.09 bits per heavy atom. The molecule has 0 aliphatic carbocycles. The van der Waals surface area contributed by atoms with Crippen LogP contribution in [0.3, 0.4) is 0 Å². The van der Waals surface area contributed by atoms with Crippen LogP contribution >= 0.6 is 0 Å². The van der Waals surface area contributed by atoms with Crippen molar-refractivity contribution < 1.29 is 9.47 Å². The molecule has 3 heterocycles. The molecule has 3 heteroatoms. The molecule has 62 valence electrons. The Hall–Kier alpha value is -0.120. The Kier molecular flexibility index (Phi) is 1.04. The van der Waals surface area contributed by atoms with E-state index in [2.05, 4.69) is 18.9 Å². The normalized spacial score (nSPS) is 61.1. The van der Waals surface area contributed by atoms with Gasteiger partial charge in [0.05, 0.1) is 6.10 Å². The summed E-state index contributed by atoms with van der Waals surface area (Å²) in [7, 11) is 2.09. The lowest BCUT2D eigenvalue weighted by Gasteiger charge is -2.08. The molecule has 0 saturated carbocycles. The minimum absolute atomic E-state index is 0.363. The van der Waals surface area contributed by atoms with Crippen LogP contribution in [0.1, 0.15) is 13.3 Å². The maximum Gasteiger partial charge on any atom is 0.139 e. The third-order valence-electron chi connectivity index (χ3n) is 3.02. The zero-order valence-corrected chi connectivity index (χ0v) is 6.86. The lowest BCUT2D eigenvalue weighted by molar-refractivity contribution is 0.144. The highest BCUT2D eigenvalue weighted by molar-refractivity contribution is 5.00. The van der Waals surface area contributed by atoms with Gasteiger partial charge in [0.15, 0.2) is 0 Å². The second kappa shape index (κ2) is 1.79. The van der Waals surface area contributed by atoms with E-state index in [0.717, 1.165) is 0 Å². The molecule has 0 spiro atoms. The van der Waals surface area contributed by atoms with Gasteiger partial charge in [0.2, 0.25) is 0 Å². The molecule has 0 bridgehead atoms. The van der Waals surface area contributed by atoms with E-state index in [1.54, 1.807) is 0 Å². The largest absolute Gasteiger partial charge is 0.353 e. The second-order valence-electron chi connectivity index (χ2n) is 3.93. The molecular formula is C8H13NO2. The van der Waals surface area contributed by atoms with Crippen LogP contribution in [0.15, 0.2) is 0 Å². The summed E-state index contributed by atoms with van der Waals surface area (Å²) in [4.78, 5) is 2.22. The van der Waals surface area contributed by atoms with Gasteiger partial charge in [0.25, 0.3) is 0 Å². The number of ether oxygens (including phenoxy) is 2. The van der Waals surface area contributed by atoms with Crippen LogP contribution in [-0.2, 0) is 9.47 Å². The van der Waals surface area contributed by atoms with Crippen molar-refractivity contribution in [1.82, 2.24) is 4.90 Å².